The smallest absolute Gasteiger partial charge is 0.240 e. The van der Waals surface area contributed by atoms with E-state index in [1.54, 1.807) is 29.7 Å². The van der Waals surface area contributed by atoms with Gasteiger partial charge in [-0.2, -0.15) is 4.98 Å². The van der Waals surface area contributed by atoms with Gasteiger partial charge in [0.05, 0.1) is 16.9 Å². The van der Waals surface area contributed by atoms with Crippen molar-refractivity contribution in [3.8, 4) is 11.6 Å². The van der Waals surface area contributed by atoms with E-state index in [4.69, 9.17) is 19.7 Å². The maximum absolute atomic E-state index is 6.32. The van der Waals surface area contributed by atoms with Crippen LogP contribution < -0.4 is 5.73 Å². The summed E-state index contributed by atoms with van der Waals surface area (Å²) in [7, 11) is 0. The molecule has 2 unspecified atom stereocenters. The largest absolute Gasteiger partial charge is 0.461 e. The lowest BCUT2D eigenvalue weighted by atomic mass is 9.89. The number of nitrogen functional groups attached to an aromatic ring is 1. The van der Waals surface area contributed by atoms with E-state index in [1.807, 2.05) is 6.92 Å². The molecule has 1 aliphatic carbocycles. The van der Waals surface area contributed by atoms with Crippen LogP contribution in [0.1, 0.15) is 41.8 Å². The number of hydrogen-bond donors (Lipinski definition) is 1. The Hall–Kier alpha value is -2.39. The number of thiophene rings is 1. The van der Waals surface area contributed by atoms with Crippen LogP contribution in [0.4, 0.5) is 5.82 Å². The first kappa shape index (κ1) is 17.7. The maximum atomic E-state index is 6.32. The van der Waals surface area contributed by atoms with Gasteiger partial charge in [0.15, 0.2) is 10.9 Å². The van der Waals surface area contributed by atoms with Gasteiger partial charge in [0.1, 0.15) is 10.6 Å². The van der Waals surface area contributed by atoms with E-state index in [0.29, 0.717) is 34.4 Å². The number of furan rings is 1. The lowest BCUT2D eigenvalue weighted by Crippen LogP contribution is -2.09. The molecule has 4 aromatic heterocycles. The van der Waals surface area contributed by atoms with Crippen LogP contribution >= 0.6 is 23.1 Å². The highest BCUT2D eigenvalue weighted by atomic mass is 32.2. The van der Waals surface area contributed by atoms with Crippen LogP contribution in [0.2, 0.25) is 0 Å². The molecule has 7 nitrogen and oxygen atoms in total. The second-order valence-electron chi connectivity index (χ2n) is 7.12. The fraction of sp³-hybridized carbons (Fsp3) is 0.368. The van der Waals surface area contributed by atoms with E-state index >= 15 is 0 Å². The third-order valence-electron chi connectivity index (χ3n) is 4.98. The SMILES string of the molecule is CC1CCc2c(sc3nc(SC(C)c4nc(-c5ccco5)no4)nc(N)c23)C1. The topological polar surface area (TPSA) is 104 Å². The average molecular weight is 414 g/mol. The normalized spacial score (nSPS) is 17.7. The second-order valence-corrected chi connectivity index (χ2v) is 9.51. The molecule has 28 heavy (non-hydrogen) atoms. The molecule has 0 saturated carbocycles. The molecule has 0 amide bonds. The first-order valence-electron chi connectivity index (χ1n) is 9.20. The number of nitrogens with zero attached hydrogens (tertiary/aromatic N) is 4. The van der Waals surface area contributed by atoms with E-state index in [0.717, 1.165) is 23.1 Å². The quantitative estimate of drug-likeness (QED) is 0.372. The molecule has 0 aliphatic heterocycles. The molecular weight excluding hydrogens is 394 g/mol. The molecule has 4 heterocycles. The fourth-order valence-electron chi connectivity index (χ4n) is 3.52. The van der Waals surface area contributed by atoms with Crippen LogP contribution in [0.3, 0.4) is 0 Å². The second kappa shape index (κ2) is 6.89. The zero-order valence-electron chi connectivity index (χ0n) is 15.5. The van der Waals surface area contributed by atoms with Gasteiger partial charge in [0, 0.05) is 4.88 Å². The highest BCUT2D eigenvalue weighted by Crippen LogP contribution is 2.41. The van der Waals surface area contributed by atoms with Crippen molar-refractivity contribution >= 4 is 39.1 Å². The number of thioether (sulfide) groups is 1. The monoisotopic (exact) mass is 413 g/mol. The molecule has 5 rings (SSSR count). The Morgan fingerprint density at radius 2 is 2.21 bits per heavy atom. The minimum atomic E-state index is -0.109. The highest BCUT2D eigenvalue weighted by Gasteiger charge is 2.24. The molecule has 0 radical (unpaired) electrons. The predicted molar refractivity (Wildman–Crippen MR) is 109 cm³/mol. The van der Waals surface area contributed by atoms with Gasteiger partial charge in [-0.25, -0.2) is 9.97 Å². The summed E-state index contributed by atoms with van der Waals surface area (Å²) in [5.41, 5.74) is 7.67. The van der Waals surface area contributed by atoms with E-state index in [9.17, 15) is 0 Å². The van der Waals surface area contributed by atoms with Crippen molar-refractivity contribution in [1.29, 1.82) is 0 Å². The molecular formula is C19H19N5O2S2. The summed E-state index contributed by atoms with van der Waals surface area (Å²) in [5.74, 6) is 2.78. The Labute approximate surface area is 169 Å². The molecule has 144 valence electrons. The van der Waals surface area contributed by atoms with Gasteiger partial charge in [0.2, 0.25) is 11.7 Å². The summed E-state index contributed by atoms with van der Waals surface area (Å²) < 4.78 is 10.7. The molecule has 2 atom stereocenters. The fourth-order valence-corrected chi connectivity index (χ4v) is 5.77. The Bertz CT molecular complexity index is 1140. The standard InChI is InChI=1S/C19H19N5O2S2/c1-9-5-6-11-13(8-9)28-18-14(11)15(20)21-19(23-18)27-10(2)17-22-16(24-26-17)12-4-3-7-25-12/h3-4,7,9-10H,5-6,8H2,1-2H3,(H2,20,21,23). The van der Waals surface area contributed by atoms with Crippen LogP contribution in [0, 0.1) is 5.92 Å². The van der Waals surface area contributed by atoms with Gasteiger partial charge in [-0.05, 0) is 49.8 Å². The summed E-state index contributed by atoms with van der Waals surface area (Å²) in [6.45, 7) is 4.28. The predicted octanol–water partition coefficient (Wildman–Crippen LogP) is 4.89. The Balaban J connectivity index is 1.42. The van der Waals surface area contributed by atoms with Crippen molar-refractivity contribution in [2.75, 3.05) is 5.73 Å². The number of aryl methyl sites for hydroxylation is 1. The number of hydrogen-bond acceptors (Lipinski definition) is 9. The number of anilines is 1. The van der Waals surface area contributed by atoms with Gasteiger partial charge in [-0.1, -0.05) is 23.8 Å². The third kappa shape index (κ3) is 3.08. The van der Waals surface area contributed by atoms with Gasteiger partial charge < -0.3 is 14.7 Å². The highest BCUT2D eigenvalue weighted by molar-refractivity contribution is 7.99. The van der Waals surface area contributed by atoms with Crippen molar-refractivity contribution in [3.63, 3.8) is 0 Å². The molecule has 1 aliphatic rings. The molecule has 0 fully saturated rings. The van der Waals surface area contributed by atoms with Crippen LogP contribution in [0.25, 0.3) is 21.8 Å². The number of rotatable bonds is 4. The van der Waals surface area contributed by atoms with Crippen molar-refractivity contribution in [1.82, 2.24) is 20.1 Å². The zero-order valence-corrected chi connectivity index (χ0v) is 17.1. The Morgan fingerprint density at radius 3 is 3.04 bits per heavy atom. The van der Waals surface area contributed by atoms with Crippen LogP contribution in [-0.4, -0.2) is 20.1 Å². The molecule has 4 aromatic rings. The first-order valence-corrected chi connectivity index (χ1v) is 10.9. The summed E-state index contributed by atoms with van der Waals surface area (Å²) in [4.78, 5) is 16.1. The van der Waals surface area contributed by atoms with Crippen LogP contribution in [0.5, 0.6) is 0 Å². The van der Waals surface area contributed by atoms with Gasteiger partial charge in [-0.15, -0.1) is 11.3 Å². The minimum Gasteiger partial charge on any atom is -0.461 e. The van der Waals surface area contributed by atoms with Gasteiger partial charge >= 0.3 is 0 Å². The number of aromatic nitrogens is 4. The number of fused-ring (bicyclic) bond motifs is 3. The van der Waals surface area contributed by atoms with Crippen molar-refractivity contribution in [2.24, 2.45) is 5.92 Å². The molecule has 0 bridgehead atoms. The third-order valence-corrected chi connectivity index (χ3v) is 7.07. The summed E-state index contributed by atoms with van der Waals surface area (Å²) in [6, 6.07) is 3.58. The van der Waals surface area contributed by atoms with Crippen LogP contribution in [-0.2, 0) is 12.8 Å². The van der Waals surface area contributed by atoms with Crippen molar-refractivity contribution < 1.29 is 8.94 Å². The summed E-state index contributed by atoms with van der Waals surface area (Å²) >= 11 is 3.21. The molecule has 0 aromatic carbocycles. The van der Waals surface area contributed by atoms with Crippen molar-refractivity contribution in [2.45, 2.75) is 43.5 Å². The average Bonchev–Trinajstić information content (AvgIpc) is 3.39. The van der Waals surface area contributed by atoms with E-state index in [2.05, 4.69) is 22.0 Å². The minimum absolute atomic E-state index is 0.109. The zero-order chi connectivity index (χ0) is 19.3. The molecule has 9 heteroatoms. The lowest BCUT2D eigenvalue weighted by Gasteiger charge is -2.17. The van der Waals surface area contributed by atoms with Crippen LogP contribution in [0.15, 0.2) is 32.5 Å². The number of nitrogens with two attached hydrogens (primary N) is 1. The maximum Gasteiger partial charge on any atom is 0.240 e. The van der Waals surface area contributed by atoms with Gasteiger partial charge in [0.25, 0.3) is 0 Å². The van der Waals surface area contributed by atoms with E-state index in [-0.39, 0.29) is 5.25 Å². The molecule has 0 spiro atoms. The molecule has 0 saturated heterocycles. The summed E-state index contributed by atoms with van der Waals surface area (Å²) in [6.07, 6.45) is 4.94. The Morgan fingerprint density at radius 1 is 1.32 bits per heavy atom. The first-order chi connectivity index (χ1) is 13.6. The van der Waals surface area contributed by atoms with Crippen molar-refractivity contribution in [3.05, 3.63) is 34.7 Å². The Kier molecular flexibility index (Phi) is 4.36. The van der Waals surface area contributed by atoms with E-state index in [1.165, 1.54) is 28.6 Å². The van der Waals surface area contributed by atoms with Gasteiger partial charge in [-0.3, -0.25) is 0 Å². The molecule has 2 N–H and O–H groups in total. The lowest BCUT2D eigenvalue weighted by molar-refractivity contribution is 0.379. The summed E-state index contributed by atoms with van der Waals surface area (Å²) in [5, 5.41) is 5.54. The van der Waals surface area contributed by atoms with E-state index < -0.39 is 0 Å².